The van der Waals surface area contributed by atoms with E-state index in [1.807, 2.05) is 41.4 Å². The van der Waals surface area contributed by atoms with Gasteiger partial charge in [-0.1, -0.05) is 0 Å². The molecule has 3 saturated heterocycles. The van der Waals surface area contributed by atoms with Gasteiger partial charge < -0.3 is 19.9 Å². The Hall–Kier alpha value is -5.20. The highest BCUT2D eigenvalue weighted by atomic mass is 16.5. The lowest BCUT2D eigenvalue weighted by molar-refractivity contribution is -0.138. The van der Waals surface area contributed by atoms with E-state index in [0.29, 0.717) is 43.5 Å². The van der Waals surface area contributed by atoms with Crippen LogP contribution in [0.4, 0.5) is 11.4 Å². The molecule has 4 aliphatic rings. The van der Waals surface area contributed by atoms with Crippen LogP contribution in [0.2, 0.25) is 0 Å². The minimum absolute atomic E-state index is 0.111. The van der Waals surface area contributed by atoms with Crippen LogP contribution in [0.3, 0.4) is 0 Å². The van der Waals surface area contributed by atoms with E-state index >= 15 is 0 Å². The number of benzene rings is 2. The van der Waals surface area contributed by atoms with Crippen molar-refractivity contribution in [3.8, 4) is 22.6 Å². The number of likely N-dealkylation sites (tertiary alicyclic amines) is 2. The number of ether oxygens (including phenoxy) is 1. The molecule has 50 heavy (non-hydrogen) atoms. The summed E-state index contributed by atoms with van der Waals surface area (Å²) in [5.41, 5.74) is 5.61. The first-order chi connectivity index (χ1) is 24.5. The maximum absolute atomic E-state index is 13.8. The van der Waals surface area contributed by atoms with Gasteiger partial charge in [0.1, 0.15) is 5.69 Å². The van der Waals surface area contributed by atoms with Crippen LogP contribution >= 0.6 is 0 Å². The van der Waals surface area contributed by atoms with Gasteiger partial charge in [-0.05, 0) is 86.3 Å². The molecular formula is C38H39N9O3. The van der Waals surface area contributed by atoms with Crippen molar-refractivity contribution in [3.63, 3.8) is 0 Å². The molecule has 3 aliphatic heterocycles. The van der Waals surface area contributed by atoms with Crippen molar-refractivity contribution in [1.29, 1.82) is 0 Å². The van der Waals surface area contributed by atoms with Crippen LogP contribution in [-0.2, 0) is 14.3 Å². The van der Waals surface area contributed by atoms with Crippen molar-refractivity contribution in [2.75, 3.05) is 50.1 Å². The fourth-order valence-electron chi connectivity index (χ4n) is 8.01. The number of carbonyl (C=O) groups is 2. The van der Waals surface area contributed by atoms with Gasteiger partial charge >= 0.3 is 0 Å². The molecule has 1 saturated carbocycles. The third-order valence-corrected chi connectivity index (χ3v) is 10.9. The number of anilines is 2. The number of nitrogens with one attached hydrogen (secondary N) is 2. The zero-order valence-electron chi connectivity index (χ0n) is 28.0. The summed E-state index contributed by atoms with van der Waals surface area (Å²) in [4.78, 5) is 47.1. The van der Waals surface area contributed by atoms with Crippen LogP contribution < -0.4 is 10.2 Å². The number of fused-ring (bicyclic) bond motifs is 3. The Morgan fingerprint density at radius 2 is 1.80 bits per heavy atom. The van der Waals surface area contributed by atoms with Gasteiger partial charge in [0, 0.05) is 97.4 Å². The molecule has 3 aromatic heterocycles. The molecule has 0 radical (unpaired) electrons. The van der Waals surface area contributed by atoms with Crippen molar-refractivity contribution >= 4 is 34.1 Å². The Bertz CT molecular complexity index is 2070. The van der Waals surface area contributed by atoms with Crippen molar-refractivity contribution in [2.45, 2.75) is 49.3 Å². The van der Waals surface area contributed by atoms with Crippen LogP contribution in [0.5, 0.6) is 0 Å². The Kier molecular flexibility index (Phi) is 7.58. The quantitative estimate of drug-likeness (QED) is 0.233. The molecule has 2 amide bonds. The number of aromatic nitrogens is 5. The second-order valence-corrected chi connectivity index (χ2v) is 14.1. The van der Waals surface area contributed by atoms with Crippen LogP contribution in [0, 0.1) is 0 Å². The number of rotatable bonds is 9. The first-order valence-corrected chi connectivity index (χ1v) is 17.4. The lowest BCUT2D eigenvalue weighted by Gasteiger charge is -2.36. The molecule has 5 aromatic rings. The number of hydrogen-bond donors (Lipinski definition) is 2. The van der Waals surface area contributed by atoms with E-state index in [2.05, 4.69) is 70.6 Å². The highest BCUT2D eigenvalue weighted by Gasteiger charge is 2.48. The molecule has 4 fully saturated rings. The molecule has 2 bridgehead atoms. The number of pyridine rings is 1. The number of amides is 2. The van der Waals surface area contributed by atoms with Gasteiger partial charge in [0.2, 0.25) is 5.91 Å². The summed E-state index contributed by atoms with van der Waals surface area (Å²) in [5, 5.41) is 11.8. The standard InChI is InChI=1S/C38H39N9O3/c1-50-38(37(49)42-27-7-10-32-31(18-27)35(44-43-32)26-11-15-39-33(17-26)24-3-4-24)12-16-45(23-38)22-34(48)47-21-29-19-30(47)20-46(29)28-8-5-25(6-9-28)36-40-13-2-14-41-36/h2,5-11,13-15,17-18,24,29-30H,3-4,12,16,19-23H2,1H3,(H,42,49)(H,43,44)/t29-,30-,38?/m1/s1. The van der Waals surface area contributed by atoms with E-state index in [1.54, 1.807) is 19.5 Å². The van der Waals surface area contributed by atoms with Gasteiger partial charge in [-0.25, -0.2) is 9.97 Å². The van der Waals surface area contributed by atoms with Crippen molar-refractivity contribution in [3.05, 3.63) is 84.9 Å². The van der Waals surface area contributed by atoms with Gasteiger partial charge in [-0.15, -0.1) is 0 Å². The summed E-state index contributed by atoms with van der Waals surface area (Å²) in [5.74, 6) is 1.16. The molecular weight excluding hydrogens is 630 g/mol. The molecule has 254 valence electrons. The molecule has 2 aromatic carbocycles. The summed E-state index contributed by atoms with van der Waals surface area (Å²) < 4.78 is 5.91. The van der Waals surface area contributed by atoms with Gasteiger partial charge in [0.05, 0.1) is 18.1 Å². The van der Waals surface area contributed by atoms with Crippen LogP contribution in [-0.4, -0.2) is 104 Å². The number of nitrogens with zero attached hydrogens (tertiary/aromatic N) is 7. The highest BCUT2D eigenvalue weighted by molar-refractivity contribution is 6.01. The topological polar surface area (TPSA) is 132 Å². The summed E-state index contributed by atoms with van der Waals surface area (Å²) in [7, 11) is 1.58. The van der Waals surface area contributed by atoms with E-state index in [4.69, 9.17) is 4.74 Å². The van der Waals surface area contributed by atoms with Gasteiger partial charge in [0.25, 0.3) is 5.91 Å². The summed E-state index contributed by atoms with van der Waals surface area (Å²) in [6, 6.07) is 20.5. The van der Waals surface area contributed by atoms with E-state index < -0.39 is 5.60 Å². The SMILES string of the molecule is COC1(C(=O)Nc2ccc3[nH]nc(-c4ccnc(C5CC5)c4)c3c2)CCN(CC(=O)N2C[C@H]3C[C@@H]2CN3c2ccc(-c3ncccn3)cc2)C1. The molecule has 2 N–H and O–H groups in total. The zero-order valence-corrected chi connectivity index (χ0v) is 28.0. The van der Waals surface area contributed by atoms with Gasteiger partial charge in [-0.2, -0.15) is 5.10 Å². The highest BCUT2D eigenvalue weighted by Crippen LogP contribution is 2.41. The van der Waals surface area contributed by atoms with Crippen LogP contribution in [0.15, 0.2) is 79.3 Å². The van der Waals surface area contributed by atoms with E-state index in [1.165, 1.54) is 12.8 Å². The first-order valence-electron chi connectivity index (χ1n) is 17.4. The lowest BCUT2D eigenvalue weighted by atomic mass is 10.0. The number of H-pyrrole nitrogens is 1. The molecule has 0 spiro atoms. The minimum atomic E-state index is -1.05. The number of methoxy groups -OCH3 is 1. The normalized spacial score (nSPS) is 23.2. The number of aromatic amines is 1. The van der Waals surface area contributed by atoms with Crippen molar-refractivity contribution < 1.29 is 14.3 Å². The molecule has 6 heterocycles. The van der Waals surface area contributed by atoms with Crippen LogP contribution in [0.25, 0.3) is 33.5 Å². The monoisotopic (exact) mass is 669 g/mol. The average molecular weight is 670 g/mol. The Labute approximate surface area is 289 Å². The Morgan fingerprint density at radius 1 is 0.960 bits per heavy atom. The van der Waals surface area contributed by atoms with Gasteiger partial charge in [-0.3, -0.25) is 24.6 Å². The Balaban J connectivity index is 0.824. The number of carbonyl (C=O) groups excluding carboxylic acids is 2. The van der Waals surface area contributed by atoms with Crippen molar-refractivity contribution in [2.24, 2.45) is 0 Å². The second-order valence-electron chi connectivity index (χ2n) is 14.1. The van der Waals surface area contributed by atoms with Gasteiger partial charge in [0.15, 0.2) is 11.4 Å². The Morgan fingerprint density at radius 3 is 2.56 bits per heavy atom. The predicted octanol–water partition coefficient (Wildman–Crippen LogP) is 4.48. The maximum Gasteiger partial charge on any atom is 0.258 e. The van der Waals surface area contributed by atoms with E-state index in [9.17, 15) is 9.59 Å². The molecule has 12 nitrogen and oxygen atoms in total. The average Bonchev–Trinajstić information content (AvgIpc) is 3.44. The predicted molar refractivity (Wildman–Crippen MR) is 189 cm³/mol. The number of piperazine rings is 1. The molecule has 1 unspecified atom stereocenters. The van der Waals surface area contributed by atoms with Crippen LogP contribution in [0.1, 0.15) is 37.3 Å². The fraction of sp³-hybridized carbons (Fsp3) is 0.368. The summed E-state index contributed by atoms with van der Waals surface area (Å²) in [6.45, 7) is 2.75. The smallest absolute Gasteiger partial charge is 0.258 e. The first kappa shape index (κ1) is 30.8. The molecule has 1 aliphatic carbocycles. The fourth-order valence-corrected chi connectivity index (χ4v) is 8.01. The minimum Gasteiger partial charge on any atom is -0.367 e. The van der Waals surface area contributed by atoms with E-state index in [-0.39, 0.29) is 30.4 Å². The largest absolute Gasteiger partial charge is 0.367 e. The molecule has 3 atom stereocenters. The third-order valence-electron chi connectivity index (χ3n) is 10.9. The zero-order chi connectivity index (χ0) is 33.8. The molecule has 9 rings (SSSR count). The lowest BCUT2D eigenvalue weighted by Crippen LogP contribution is -2.52. The maximum atomic E-state index is 13.8. The summed E-state index contributed by atoms with van der Waals surface area (Å²) in [6.07, 6.45) is 9.18. The third kappa shape index (κ3) is 5.58. The van der Waals surface area contributed by atoms with E-state index in [0.717, 1.165) is 52.1 Å². The van der Waals surface area contributed by atoms with Crippen molar-refractivity contribution in [1.82, 2.24) is 34.9 Å². The number of hydrogen-bond acceptors (Lipinski definition) is 9. The summed E-state index contributed by atoms with van der Waals surface area (Å²) >= 11 is 0. The molecule has 12 heteroatoms. The second kappa shape index (κ2) is 12.3.